The predicted octanol–water partition coefficient (Wildman–Crippen LogP) is 4.67. The van der Waals surface area contributed by atoms with Crippen LogP contribution in [0.3, 0.4) is 0 Å². The largest absolute Gasteiger partial charge is 0.383 e. The van der Waals surface area contributed by atoms with Crippen molar-refractivity contribution in [3.8, 4) is 11.1 Å². The van der Waals surface area contributed by atoms with E-state index in [9.17, 15) is 4.79 Å². The summed E-state index contributed by atoms with van der Waals surface area (Å²) >= 11 is 0. The summed E-state index contributed by atoms with van der Waals surface area (Å²) in [7, 11) is 3.62. The van der Waals surface area contributed by atoms with Crippen molar-refractivity contribution in [3.63, 3.8) is 0 Å². The van der Waals surface area contributed by atoms with Gasteiger partial charge in [0.1, 0.15) is 0 Å². The van der Waals surface area contributed by atoms with Crippen molar-refractivity contribution >= 4 is 17.1 Å². The molecule has 0 unspecified atom stereocenters. The van der Waals surface area contributed by atoms with E-state index in [1.54, 1.807) is 7.11 Å². The summed E-state index contributed by atoms with van der Waals surface area (Å²) in [6.45, 7) is 10.5. The number of carbonyl (C=O) groups is 1. The van der Waals surface area contributed by atoms with Crippen LogP contribution in [0.4, 0.5) is 5.69 Å². The molecule has 8 heteroatoms. The van der Waals surface area contributed by atoms with Crippen molar-refractivity contribution in [1.29, 1.82) is 0 Å². The van der Waals surface area contributed by atoms with Crippen LogP contribution in [0.5, 0.6) is 0 Å². The van der Waals surface area contributed by atoms with Gasteiger partial charge in [0.25, 0.3) is 0 Å². The second kappa shape index (κ2) is 11.7. The number of likely N-dealkylation sites (tertiary alicyclic amines) is 1. The number of rotatable bonds is 8. The molecule has 1 saturated carbocycles. The summed E-state index contributed by atoms with van der Waals surface area (Å²) in [4.78, 5) is 19.8. The van der Waals surface area contributed by atoms with Gasteiger partial charge in [-0.15, -0.1) is 0 Å². The van der Waals surface area contributed by atoms with Crippen LogP contribution in [-0.2, 0) is 19.9 Å². The molecule has 1 atom stereocenters. The average molecular weight is 560 g/mol. The number of amides is 1. The molecule has 3 aromatic rings. The van der Waals surface area contributed by atoms with E-state index in [1.165, 1.54) is 16.8 Å². The van der Waals surface area contributed by atoms with Gasteiger partial charge in [-0.3, -0.25) is 9.69 Å². The lowest BCUT2D eigenvalue weighted by Crippen LogP contribution is -2.52. The number of carbonyl (C=O) groups excluding carboxylic acids is 1. The van der Waals surface area contributed by atoms with Gasteiger partial charge in [0.2, 0.25) is 5.91 Å². The number of hydrogen-bond acceptors (Lipinski definition) is 6. The second-order valence-electron chi connectivity index (χ2n) is 12.5. The van der Waals surface area contributed by atoms with E-state index in [1.807, 2.05) is 17.8 Å². The second-order valence-corrected chi connectivity index (χ2v) is 12.5. The number of methoxy groups -OCH3 is 2. The maximum Gasteiger partial charge on any atom is 0.225 e. The first-order valence-corrected chi connectivity index (χ1v) is 15.3. The molecule has 0 radical (unpaired) electrons. The van der Waals surface area contributed by atoms with Crippen LogP contribution < -0.4 is 4.90 Å². The van der Waals surface area contributed by atoms with Gasteiger partial charge in [-0.05, 0) is 61.8 Å². The fourth-order valence-electron chi connectivity index (χ4n) is 7.20. The van der Waals surface area contributed by atoms with Gasteiger partial charge in [0, 0.05) is 83.4 Å². The molecule has 0 N–H and O–H groups in total. The van der Waals surface area contributed by atoms with Crippen LogP contribution in [-0.4, -0.2) is 91.5 Å². The summed E-state index contributed by atoms with van der Waals surface area (Å²) in [6.07, 6.45) is 8.05. The summed E-state index contributed by atoms with van der Waals surface area (Å²) in [6, 6.07) is 13.7. The minimum absolute atomic E-state index is 0.248. The van der Waals surface area contributed by atoms with Crippen LogP contribution in [0.2, 0.25) is 0 Å². The Balaban J connectivity index is 1.14. The van der Waals surface area contributed by atoms with Gasteiger partial charge in [-0.1, -0.05) is 31.2 Å². The smallest absolute Gasteiger partial charge is 0.225 e. The monoisotopic (exact) mass is 559 g/mol. The summed E-state index contributed by atoms with van der Waals surface area (Å²) in [5, 5.41) is 4.62. The molecule has 0 bridgehead atoms. The van der Waals surface area contributed by atoms with E-state index < -0.39 is 0 Å². The first-order chi connectivity index (χ1) is 19.9. The molecule has 1 aliphatic carbocycles. The first-order valence-electron chi connectivity index (χ1n) is 15.3. The minimum Gasteiger partial charge on any atom is -0.383 e. The molecule has 2 saturated heterocycles. The number of anilines is 1. The fourth-order valence-corrected chi connectivity index (χ4v) is 7.20. The molecule has 6 rings (SSSR count). The Hall–Kier alpha value is -2.94. The van der Waals surface area contributed by atoms with Crippen LogP contribution >= 0.6 is 0 Å². The normalized spacial score (nSPS) is 23.9. The van der Waals surface area contributed by atoms with E-state index in [-0.39, 0.29) is 11.5 Å². The van der Waals surface area contributed by atoms with Gasteiger partial charge in [-0.2, -0.15) is 5.10 Å². The molecule has 220 valence electrons. The van der Waals surface area contributed by atoms with Crippen molar-refractivity contribution in [2.75, 3.05) is 65.0 Å². The first kappa shape index (κ1) is 28.2. The van der Waals surface area contributed by atoms with Crippen LogP contribution in [0, 0.1) is 11.8 Å². The van der Waals surface area contributed by atoms with Crippen molar-refractivity contribution in [2.24, 2.45) is 11.8 Å². The minimum atomic E-state index is -0.248. The number of ether oxygens (including phenoxy) is 2. The van der Waals surface area contributed by atoms with Gasteiger partial charge in [0.05, 0.1) is 23.4 Å². The Morgan fingerprint density at radius 2 is 1.71 bits per heavy atom. The third kappa shape index (κ3) is 5.49. The van der Waals surface area contributed by atoms with Crippen molar-refractivity contribution in [3.05, 3.63) is 54.4 Å². The molecular weight excluding hydrogens is 514 g/mol. The summed E-state index contributed by atoms with van der Waals surface area (Å²) in [5.41, 5.74) is 5.61. The van der Waals surface area contributed by atoms with Gasteiger partial charge in [0.15, 0.2) is 0 Å². The number of benzene rings is 1. The highest BCUT2D eigenvalue weighted by atomic mass is 16.5. The predicted molar refractivity (Wildman–Crippen MR) is 162 cm³/mol. The Bertz CT molecular complexity index is 1330. The highest BCUT2D eigenvalue weighted by Gasteiger charge is 2.38. The Morgan fingerprint density at radius 3 is 2.34 bits per heavy atom. The quantitative estimate of drug-likeness (QED) is 0.400. The van der Waals surface area contributed by atoms with Crippen molar-refractivity contribution < 1.29 is 14.3 Å². The zero-order valence-electron chi connectivity index (χ0n) is 25.1. The topological polar surface area (TPSA) is 62.6 Å². The highest BCUT2D eigenvalue weighted by Crippen LogP contribution is 2.38. The number of aromatic nitrogens is 2. The number of fused-ring (bicyclic) bond motifs is 1. The zero-order chi connectivity index (χ0) is 28.6. The number of nitrogens with zero attached hydrogens (tertiary/aromatic N) is 5. The maximum atomic E-state index is 12.8. The molecule has 2 aromatic heterocycles. The van der Waals surface area contributed by atoms with Crippen LogP contribution in [0.15, 0.2) is 48.8 Å². The van der Waals surface area contributed by atoms with Crippen molar-refractivity contribution in [2.45, 2.75) is 51.2 Å². The lowest BCUT2D eigenvalue weighted by atomic mass is 9.75. The van der Waals surface area contributed by atoms with Crippen molar-refractivity contribution in [1.82, 2.24) is 19.4 Å². The van der Waals surface area contributed by atoms with E-state index in [0.29, 0.717) is 17.9 Å². The van der Waals surface area contributed by atoms with E-state index >= 15 is 0 Å². The lowest BCUT2D eigenvalue weighted by Gasteiger charge is -2.43. The molecule has 4 heterocycles. The number of piperidine rings is 1. The fraction of sp³-hybridized carbons (Fsp3) is 0.576. The van der Waals surface area contributed by atoms with Gasteiger partial charge >= 0.3 is 0 Å². The molecule has 3 aliphatic rings. The van der Waals surface area contributed by atoms with Crippen LogP contribution in [0.25, 0.3) is 16.6 Å². The molecule has 0 spiro atoms. The zero-order valence-corrected chi connectivity index (χ0v) is 25.1. The maximum absolute atomic E-state index is 12.8. The number of piperazine rings is 1. The van der Waals surface area contributed by atoms with Gasteiger partial charge in [-0.25, -0.2) is 4.52 Å². The highest BCUT2D eigenvalue weighted by molar-refractivity contribution is 5.82. The average Bonchev–Trinajstić information content (AvgIpc) is 3.44. The van der Waals surface area contributed by atoms with E-state index in [4.69, 9.17) is 9.47 Å². The van der Waals surface area contributed by atoms with E-state index in [2.05, 4.69) is 76.2 Å². The molecular formula is C33H45N5O3. The van der Waals surface area contributed by atoms with Gasteiger partial charge < -0.3 is 19.3 Å². The molecule has 8 nitrogen and oxygen atoms in total. The third-order valence-corrected chi connectivity index (χ3v) is 9.91. The lowest BCUT2D eigenvalue weighted by molar-refractivity contribution is -0.140. The third-order valence-electron chi connectivity index (χ3n) is 9.91. The molecule has 1 amide bonds. The SMILES string of the molecule is COC[C@H](C)N1CCC(OC)(c2ccc(-c3cc4c(N5CCN(C(=O)C6CC(C)C6)CC5)ccnn4c3)cc2)CC1. The summed E-state index contributed by atoms with van der Waals surface area (Å²) in [5.74, 6) is 1.31. The number of hydrogen-bond donors (Lipinski definition) is 0. The Labute approximate surface area is 244 Å². The molecule has 2 aliphatic heterocycles. The Kier molecular flexibility index (Phi) is 8.07. The molecule has 1 aromatic carbocycles. The molecule has 3 fully saturated rings. The Morgan fingerprint density at radius 1 is 1.00 bits per heavy atom. The van der Waals surface area contributed by atoms with Crippen LogP contribution in [0.1, 0.15) is 45.1 Å². The van der Waals surface area contributed by atoms with E-state index in [0.717, 1.165) is 82.6 Å². The summed E-state index contributed by atoms with van der Waals surface area (Å²) < 4.78 is 13.5. The molecule has 41 heavy (non-hydrogen) atoms. The standard InChI is InChI=1S/C33H45N5O3/c1-24-19-27(20-24)32(39)37-17-15-36(16-18-37)30-9-12-34-38-22-28(21-31(30)38)26-5-7-29(8-6-26)33(41-4)10-13-35(14-11-33)25(2)23-40-3/h5-9,12,21-22,24-25,27H,10-11,13-20,23H2,1-4H3/t24?,25-,27?/m0/s1.